The van der Waals surface area contributed by atoms with Crippen LogP contribution in [-0.4, -0.2) is 5.78 Å². The van der Waals surface area contributed by atoms with Gasteiger partial charge < -0.3 is 4.74 Å². The molecule has 2 unspecified atom stereocenters. The van der Waals surface area contributed by atoms with Crippen molar-refractivity contribution in [3.05, 3.63) is 65.7 Å². The number of carbonyl (C=O) groups is 1. The minimum Gasteiger partial charge on any atom is -0.478 e. The summed E-state index contributed by atoms with van der Waals surface area (Å²) in [5.41, 5.74) is 2.00. The number of benzene rings is 2. The van der Waals surface area contributed by atoms with Crippen molar-refractivity contribution in [2.45, 2.75) is 44.6 Å². The Kier molecular flexibility index (Phi) is 4.57. The first kappa shape index (κ1) is 14.8. The fourth-order valence-corrected chi connectivity index (χ4v) is 3.15. The van der Waals surface area contributed by atoms with Crippen LogP contribution >= 0.6 is 0 Å². The topological polar surface area (TPSA) is 26.3 Å². The third kappa shape index (κ3) is 2.92. The van der Waals surface area contributed by atoms with Crippen LogP contribution in [-0.2, 0) is 4.79 Å². The van der Waals surface area contributed by atoms with Crippen molar-refractivity contribution in [3.8, 4) is 5.75 Å². The fraction of sp³-hybridized carbons (Fsp3) is 0.350. The molecule has 114 valence electrons. The van der Waals surface area contributed by atoms with Gasteiger partial charge in [0.1, 0.15) is 5.75 Å². The summed E-state index contributed by atoms with van der Waals surface area (Å²) in [6.45, 7) is 2.19. The van der Waals surface area contributed by atoms with E-state index in [2.05, 4.69) is 6.92 Å². The molecule has 22 heavy (non-hydrogen) atoms. The van der Waals surface area contributed by atoms with E-state index in [4.69, 9.17) is 4.74 Å². The molecule has 1 aliphatic heterocycles. The minimum absolute atomic E-state index is 0.0401. The summed E-state index contributed by atoms with van der Waals surface area (Å²) in [7, 11) is 0. The lowest BCUT2D eigenvalue weighted by molar-refractivity contribution is -0.129. The van der Waals surface area contributed by atoms with Crippen LogP contribution in [0.4, 0.5) is 0 Å². The van der Waals surface area contributed by atoms with Gasteiger partial charge in [0.2, 0.25) is 0 Å². The maximum Gasteiger partial charge on any atom is 0.185 e. The highest BCUT2D eigenvalue weighted by atomic mass is 16.5. The van der Waals surface area contributed by atoms with E-state index in [9.17, 15) is 4.79 Å². The molecule has 0 radical (unpaired) electrons. The second-order valence-corrected chi connectivity index (χ2v) is 5.90. The molecule has 2 aromatic carbocycles. The van der Waals surface area contributed by atoms with Crippen LogP contribution < -0.4 is 4.74 Å². The number of rotatable bonds is 5. The molecule has 0 saturated carbocycles. The van der Waals surface area contributed by atoms with Crippen LogP contribution in [0.25, 0.3) is 0 Å². The largest absolute Gasteiger partial charge is 0.478 e. The Balaban J connectivity index is 1.92. The molecular formula is C20H22O2. The summed E-state index contributed by atoms with van der Waals surface area (Å²) in [5, 5.41) is 0. The van der Waals surface area contributed by atoms with Gasteiger partial charge in [-0.25, -0.2) is 0 Å². The van der Waals surface area contributed by atoms with Crippen LogP contribution in [0.1, 0.15) is 55.8 Å². The first-order valence-corrected chi connectivity index (χ1v) is 8.15. The quantitative estimate of drug-likeness (QED) is 0.721. The lowest BCUT2D eigenvalue weighted by Gasteiger charge is -2.31. The minimum atomic E-state index is -0.470. The zero-order valence-corrected chi connectivity index (χ0v) is 13.0. The molecule has 2 nitrogen and oxygen atoms in total. The van der Waals surface area contributed by atoms with Gasteiger partial charge in [-0.3, -0.25) is 4.79 Å². The first-order valence-electron chi connectivity index (χ1n) is 8.15. The Morgan fingerprint density at radius 2 is 1.68 bits per heavy atom. The lowest BCUT2D eigenvalue weighted by Crippen LogP contribution is -2.30. The van der Waals surface area contributed by atoms with E-state index in [0.717, 1.165) is 29.7 Å². The molecular weight excluding hydrogens is 272 g/mol. The van der Waals surface area contributed by atoms with Gasteiger partial charge >= 0.3 is 0 Å². The van der Waals surface area contributed by atoms with Crippen molar-refractivity contribution >= 4 is 5.78 Å². The molecule has 3 rings (SSSR count). The Hall–Kier alpha value is -2.09. The molecule has 1 aliphatic rings. The summed E-state index contributed by atoms with van der Waals surface area (Å²) < 4.78 is 6.02. The van der Waals surface area contributed by atoms with E-state index in [0.29, 0.717) is 0 Å². The average molecular weight is 294 g/mol. The maximum absolute atomic E-state index is 13.0. The predicted molar refractivity (Wildman–Crippen MR) is 88.1 cm³/mol. The molecule has 0 aromatic heterocycles. The van der Waals surface area contributed by atoms with E-state index < -0.39 is 6.10 Å². The Labute approximate surface area is 132 Å². The van der Waals surface area contributed by atoms with Crippen molar-refractivity contribution < 1.29 is 9.53 Å². The number of Topliss-reactive ketones (excluding diaryl/α,β-unsaturated/α-hetero) is 1. The third-order valence-electron chi connectivity index (χ3n) is 4.34. The van der Waals surface area contributed by atoms with Gasteiger partial charge in [0.15, 0.2) is 11.9 Å². The van der Waals surface area contributed by atoms with Crippen LogP contribution in [0.5, 0.6) is 5.75 Å². The van der Waals surface area contributed by atoms with Crippen molar-refractivity contribution in [2.75, 3.05) is 0 Å². The van der Waals surface area contributed by atoms with E-state index >= 15 is 0 Å². The first-order chi connectivity index (χ1) is 10.8. The fourth-order valence-electron chi connectivity index (χ4n) is 3.15. The summed E-state index contributed by atoms with van der Waals surface area (Å²) in [4.78, 5) is 13.0. The van der Waals surface area contributed by atoms with Crippen LogP contribution in [0.15, 0.2) is 54.6 Å². The van der Waals surface area contributed by atoms with E-state index in [1.54, 1.807) is 0 Å². The monoisotopic (exact) mass is 294 g/mol. The van der Waals surface area contributed by atoms with Gasteiger partial charge in [0, 0.05) is 5.56 Å². The average Bonchev–Trinajstić information content (AvgIpc) is 2.57. The maximum atomic E-state index is 13.0. The zero-order chi connectivity index (χ0) is 15.4. The van der Waals surface area contributed by atoms with Gasteiger partial charge in [-0.15, -0.1) is 0 Å². The number of unbranched alkanes of at least 4 members (excludes halogenated alkanes) is 2. The molecule has 0 fully saturated rings. The van der Waals surface area contributed by atoms with Gasteiger partial charge in [-0.1, -0.05) is 74.7 Å². The highest BCUT2D eigenvalue weighted by molar-refractivity contribution is 5.93. The molecule has 0 saturated heterocycles. The Morgan fingerprint density at radius 3 is 2.45 bits per heavy atom. The molecule has 2 atom stereocenters. The molecule has 2 heteroatoms. The normalized spacial score (nSPS) is 20.3. The second-order valence-electron chi connectivity index (χ2n) is 5.90. The van der Waals surface area contributed by atoms with Crippen molar-refractivity contribution in [1.82, 2.24) is 0 Å². The lowest BCUT2D eigenvalue weighted by atomic mass is 9.83. The third-order valence-corrected chi connectivity index (χ3v) is 4.34. The molecule has 0 amide bonds. The summed E-state index contributed by atoms with van der Waals surface area (Å²) in [6.07, 6.45) is 3.87. The molecule has 2 aromatic rings. The standard InChI is InChI=1S/C20H22O2/c1-2-3-5-13-17-16-12-8-9-14-18(16)22-20(19(17)21)15-10-6-4-7-11-15/h4,6-12,14,17,20H,2-3,5,13H2,1H3. The molecule has 0 N–H and O–H groups in total. The van der Waals surface area contributed by atoms with Crippen molar-refractivity contribution in [1.29, 1.82) is 0 Å². The highest BCUT2D eigenvalue weighted by Crippen LogP contribution is 2.41. The number of ether oxygens (including phenoxy) is 1. The van der Waals surface area contributed by atoms with Gasteiger partial charge in [-0.2, -0.15) is 0 Å². The smallest absolute Gasteiger partial charge is 0.185 e. The molecule has 1 heterocycles. The van der Waals surface area contributed by atoms with Crippen LogP contribution in [0.3, 0.4) is 0 Å². The second kappa shape index (κ2) is 6.78. The van der Waals surface area contributed by atoms with Gasteiger partial charge in [0.25, 0.3) is 0 Å². The SMILES string of the molecule is CCCCCC1C(=O)C(c2ccccc2)Oc2ccccc21. The summed E-state index contributed by atoms with van der Waals surface area (Å²) in [6, 6.07) is 17.8. The molecule has 0 bridgehead atoms. The number of fused-ring (bicyclic) bond motifs is 1. The van der Waals surface area contributed by atoms with Gasteiger partial charge in [-0.05, 0) is 18.1 Å². The predicted octanol–water partition coefficient (Wildman–Crippen LogP) is 5.05. The molecule has 0 aliphatic carbocycles. The van der Waals surface area contributed by atoms with E-state index in [1.165, 1.54) is 12.8 Å². The Bertz CT molecular complexity index is 633. The highest BCUT2D eigenvalue weighted by Gasteiger charge is 2.36. The van der Waals surface area contributed by atoms with Crippen LogP contribution in [0, 0.1) is 0 Å². The zero-order valence-electron chi connectivity index (χ0n) is 13.0. The number of ketones is 1. The number of hydrogen-bond donors (Lipinski definition) is 0. The van der Waals surface area contributed by atoms with Crippen molar-refractivity contribution in [2.24, 2.45) is 0 Å². The summed E-state index contributed by atoms with van der Waals surface area (Å²) in [5.74, 6) is 1.01. The number of carbonyl (C=O) groups excluding carboxylic acids is 1. The van der Waals surface area contributed by atoms with Crippen LogP contribution in [0.2, 0.25) is 0 Å². The summed E-state index contributed by atoms with van der Waals surface area (Å²) >= 11 is 0. The van der Waals surface area contributed by atoms with E-state index in [-0.39, 0.29) is 11.7 Å². The van der Waals surface area contributed by atoms with E-state index in [1.807, 2.05) is 54.6 Å². The Morgan fingerprint density at radius 1 is 0.955 bits per heavy atom. The van der Waals surface area contributed by atoms with Crippen molar-refractivity contribution in [3.63, 3.8) is 0 Å². The van der Waals surface area contributed by atoms with Gasteiger partial charge in [0.05, 0.1) is 5.92 Å². The molecule has 0 spiro atoms. The number of para-hydroxylation sites is 1. The number of hydrogen-bond acceptors (Lipinski definition) is 2.